The number of carboxylic acids is 1. The molecule has 120 valence electrons. The summed E-state index contributed by atoms with van der Waals surface area (Å²) in [5.74, 6) is -0.997. The fourth-order valence-corrected chi connectivity index (χ4v) is 3.08. The van der Waals surface area contributed by atoms with Crippen molar-refractivity contribution < 1.29 is 19.4 Å². The molecule has 0 saturated carbocycles. The highest BCUT2D eigenvalue weighted by Crippen LogP contribution is 2.38. The molecule has 2 atom stereocenters. The van der Waals surface area contributed by atoms with Crippen molar-refractivity contribution in [2.24, 2.45) is 0 Å². The van der Waals surface area contributed by atoms with E-state index in [2.05, 4.69) is 15.9 Å². The Kier molecular flexibility index (Phi) is 4.80. The Morgan fingerprint density at radius 2 is 2.00 bits per heavy atom. The maximum Gasteiger partial charge on any atom is 0.411 e. The van der Waals surface area contributed by atoms with Gasteiger partial charge in [-0.25, -0.2) is 9.59 Å². The van der Waals surface area contributed by atoms with Crippen molar-refractivity contribution in [1.82, 2.24) is 4.90 Å². The lowest BCUT2D eigenvalue weighted by Gasteiger charge is -2.31. The van der Waals surface area contributed by atoms with Gasteiger partial charge >= 0.3 is 12.1 Å². The zero-order valence-corrected chi connectivity index (χ0v) is 14.5. The van der Waals surface area contributed by atoms with Crippen LogP contribution in [0.4, 0.5) is 4.79 Å². The van der Waals surface area contributed by atoms with Crippen LogP contribution in [0.2, 0.25) is 0 Å². The molecular weight excluding hydrogens is 350 g/mol. The zero-order chi connectivity index (χ0) is 16.5. The molecule has 2 rings (SSSR count). The van der Waals surface area contributed by atoms with Crippen molar-refractivity contribution >= 4 is 28.0 Å². The third-order valence-corrected chi connectivity index (χ3v) is 4.00. The Hall–Kier alpha value is -1.56. The van der Waals surface area contributed by atoms with Crippen molar-refractivity contribution in [2.45, 2.75) is 51.3 Å². The highest BCUT2D eigenvalue weighted by molar-refractivity contribution is 9.10. The highest BCUT2D eigenvalue weighted by atomic mass is 79.9. The van der Waals surface area contributed by atoms with E-state index in [1.165, 1.54) is 4.90 Å². The molecule has 22 heavy (non-hydrogen) atoms. The summed E-state index contributed by atoms with van der Waals surface area (Å²) in [5, 5.41) is 9.39. The number of rotatable bonds is 2. The summed E-state index contributed by atoms with van der Waals surface area (Å²) in [6, 6.07) is 6.45. The van der Waals surface area contributed by atoms with Gasteiger partial charge in [0.05, 0.1) is 6.04 Å². The average Bonchev–Trinajstić information content (AvgIpc) is 2.81. The molecule has 0 aromatic heterocycles. The van der Waals surface area contributed by atoms with Crippen molar-refractivity contribution in [3.05, 3.63) is 34.3 Å². The van der Waals surface area contributed by atoms with Gasteiger partial charge in [-0.1, -0.05) is 28.1 Å². The molecule has 5 nitrogen and oxygen atoms in total. The zero-order valence-electron chi connectivity index (χ0n) is 12.9. The Morgan fingerprint density at radius 1 is 1.32 bits per heavy atom. The lowest BCUT2D eigenvalue weighted by atomic mass is 10.1. The molecule has 0 unspecified atom stereocenters. The van der Waals surface area contributed by atoms with Crippen LogP contribution in [0.5, 0.6) is 0 Å². The Balaban J connectivity index is 2.32. The van der Waals surface area contributed by atoms with Gasteiger partial charge in [-0.3, -0.25) is 4.90 Å². The molecule has 1 fully saturated rings. The van der Waals surface area contributed by atoms with E-state index in [0.29, 0.717) is 12.8 Å². The monoisotopic (exact) mass is 369 g/mol. The van der Waals surface area contributed by atoms with Gasteiger partial charge < -0.3 is 9.84 Å². The van der Waals surface area contributed by atoms with E-state index in [1.54, 1.807) is 20.8 Å². The van der Waals surface area contributed by atoms with Crippen LogP contribution >= 0.6 is 15.9 Å². The fraction of sp³-hybridized carbons (Fsp3) is 0.500. The number of hydrogen-bond acceptors (Lipinski definition) is 3. The first-order valence-electron chi connectivity index (χ1n) is 7.18. The number of nitrogens with zero attached hydrogens (tertiary/aromatic N) is 1. The van der Waals surface area contributed by atoms with Crippen molar-refractivity contribution in [2.75, 3.05) is 0 Å². The van der Waals surface area contributed by atoms with Gasteiger partial charge in [0.15, 0.2) is 0 Å². The molecule has 6 heteroatoms. The van der Waals surface area contributed by atoms with Gasteiger partial charge in [0.25, 0.3) is 0 Å². The fourth-order valence-electron chi connectivity index (χ4n) is 2.66. The molecule has 1 aliphatic heterocycles. The summed E-state index contributed by atoms with van der Waals surface area (Å²) < 4.78 is 6.29. The van der Waals surface area contributed by atoms with Crippen LogP contribution in [0.1, 0.15) is 45.2 Å². The summed E-state index contributed by atoms with van der Waals surface area (Å²) in [7, 11) is 0. The van der Waals surface area contributed by atoms with Gasteiger partial charge in [-0.2, -0.15) is 0 Å². The number of aliphatic carboxylic acids is 1. The molecule has 1 heterocycles. The first-order chi connectivity index (χ1) is 10.2. The van der Waals surface area contributed by atoms with Gasteiger partial charge in [0.1, 0.15) is 11.6 Å². The second-order valence-electron chi connectivity index (χ2n) is 6.39. The minimum absolute atomic E-state index is 0.284. The van der Waals surface area contributed by atoms with Crippen molar-refractivity contribution in [3.8, 4) is 0 Å². The quantitative estimate of drug-likeness (QED) is 0.855. The highest BCUT2D eigenvalue weighted by Gasteiger charge is 2.43. The van der Waals surface area contributed by atoms with Crippen LogP contribution < -0.4 is 0 Å². The van der Waals surface area contributed by atoms with Gasteiger partial charge in [-0.15, -0.1) is 0 Å². The summed E-state index contributed by atoms with van der Waals surface area (Å²) in [6.07, 6.45) is 0.445. The number of hydrogen-bond donors (Lipinski definition) is 1. The summed E-state index contributed by atoms with van der Waals surface area (Å²) in [6.45, 7) is 5.31. The lowest BCUT2D eigenvalue weighted by molar-refractivity contribution is -0.142. The molecule has 0 radical (unpaired) electrons. The molecule has 0 bridgehead atoms. The average molecular weight is 370 g/mol. The van der Waals surface area contributed by atoms with Gasteiger partial charge in [-0.05, 0) is 51.3 Å². The van der Waals surface area contributed by atoms with E-state index < -0.39 is 23.7 Å². The summed E-state index contributed by atoms with van der Waals surface area (Å²) in [4.78, 5) is 25.3. The SMILES string of the molecule is CC(C)(C)OC(=O)N1[C@@H](C(=O)O)CC[C@H]1c1cccc(Br)c1. The standard InChI is InChI=1S/C16H20BrNO4/c1-16(2,3)22-15(21)18-12(7-8-13(18)14(19)20)10-5-4-6-11(17)9-10/h4-6,9,12-13H,7-8H2,1-3H3,(H,19,20)/t12-,13+/m0/s1. The minimum Gasteiger partial charge on any atom is -0.480 e. The predicted octanol–water partition coefficient (Wildman–Crippen LogP) is 3.97. The number of carbonyl (C=O) groups excluding carboxylic acids is 1. The van der Waals surface area contributed by atoms with E-state index in [9.17, 15) is 14.7 Å². The molecule has 1 saturated heterocycles. The molecule has 1 aromatic rings. The Morgan fingerprint density at radius 3 is 2.55 bits per heavy atom. The molecule has 1 aliphatic rings. The van der Waals surface area contributed by atoms with Gasteiger partial charge in [0, 0.05) is 4.47 Å². The van der Waals surface area contributed by atoms with E-state index in [4.69, 9.17) is 4.74 Å². The van der Waals surface area contributed by atoms with Crippen molar-refractivity contribution in [3.63, 3.8) is 0 Å². The maximum atomic E-state index is 12.5. The van der Waals surface area contributed by atoms with Crippen LogP contribution in [0.15, 0.2) is 28.7 Å². The topological polar surface area (TPSA) is 66.8 Å². The van der Waals surface area contributed by atoms with E-state index in [-0.39, 0.29) is 6.04 Å². The molecule has 1 aromatic carbocycles. The molecule has 0 spiro atoms. The number of carbonyl (C=O) groups is 2. The largest absolute Gasteiger partial charge is 0.480 e. The van der Waals surface area contributed by atoms with E-state index in [0.717, 1.165) is 10.0 Å². The number of halogens is 1. The molecule has 1 amide bonds. The van der Waals surface area contributed by atoms with Crippen LogP contribution in [0, 0.1) is 0 Å². The van der Waals surface area contributed by atoms with Crippen molar-refractivity contribution in [1.29, 1.82) is 0 Å². The van der Waals surface area contributed by atoms with Gasteiger partial charge in [0.2, 0.25) is 0 Å². The number of likely N-dealkylation sites (tertiary alicyclic amines) is 1. The third-order valence-electron chi connectivity index (χ3n) is 3.51. The van der Waals surface area contributed by atoms with Crippen LogP contribution in [0.25, 0.3) is 0 Å². The minimum atomic E-state index is -0.997. The lowest BCUT2D eigenvalue weighted by Crippen LogP contribution is -2.44. The first-order valence-corrected chi connectivity index (χ1v) is 7.98. The molecular formula is C16H20BrNO4. The maximum absolute atomic E-state index is 12.5. The Bertz CT molecular complexity index is 582. The van der Waals surface area contributed by atoms with Crippen LogP contribution in [0.3, 0.4) is 0 Å². The number of amides is 1. The van der Waals surface area contributed by atoms with Crippen LogP contribution in [-0.4, -0.2) is 33.7 Å². The molecule has 1 N–H and O–H groups in total. The number of benzene rings is 1. The normalized spacial score (nSPS) is 21.7. The second kappa shape index (κ2) is 6.28. The smallest absolute Gasteiger partial charge is 0.411 e. The number of carboxylic acid groups (broad SMARTS) is 1. The predicted molar refractivity (Wildman–Crippen MR) is 85.6 cm³/mol. The summed E-state index contributed by atoms with van der Waals surface area (Å²) >= 11 is 3.41. The first kappa shape index (κ1) is 16.8. The number of ether oxygens (including phenoxy) is 1. The van der Waals surface area contributed by atoms with E-state index >= 15 is 0 Å². The van der Waals surface area contributed by atoms with E-state index in [1.807, 2.05) is 24.3 Å². The Labute approximate surface area is 138 Å². The second-order valence-corrected chi connectivity index (χ2v) is 7.31. The van der Waals surface area contributed by atoms with Crippen LogP contribution in [-0.2, 0) is 9.53 Å². The summed E-state index contributed by atoms with van der Waals surface area (Å²) in [5.41, 5.74) is 0.244. The molecule has 0 aliphatic carbocycles. The third kappa shape index (κ3) is 3.80.